The quantitative estimate of drug-likeness (QED) is 0.665. The Balaban J connectivity index is 1.29. The van der Waals surface area contributed by atoms with E-state index < -0.39 is 0 Å². The number of nitrogens with zero attached hydrogens (tertiary/aromatic N) is 3. The molecule has 0 bridgehead atoms. The largest absolute Gasteiger partial charge is 0.377 e. The van der Waals surface area contributed by atoms with Gasteiger partial charge in [0.1, 0.15) is 0 Å². The number of piperidine rings is 2. The van der Waals surface area contributed by atoms with Crippen LogP contribution in [0.15, 0.2) is 24.3 Å². The molecule has 0 aliphatic carbocycles. The monoisotopic (exact) mass is 427 g/mol. The van der Waals surface area contributed by atoms with Crippen LogP contribution in [0.2, 0.25) is 0 Å². The molecule has 3 fully saturated rings. The molecule has 5 heteroatoms. The fourth-order valence-electron chi connectivity index (χ4n) is 5.66. The van der Waals surface area contributed by atoms with Gasteiger partial charge in [0.15, 0.2) is 0 Å². The van der Waals surface area contributed by atoms with E-state index in [1.165, 1.54) is 56.4 Å². The maximum absolute atomic E-state index is 11.7. The molecule has 0 radical (unpaired) electrons. The number of likely N-dealkylation sites (tertiary alicyclic amines) is 2. The summed E-state index contributed by atoms with van der Waals surface area (Å²) in [6.45, 7) is 12.5. The van der Waals surface area contributed by atoms with Gasteiger partial charge >= 0.3 is 0 Å². The van der Waals surface area contributed by atoms with Crippen molar-refractivity contribution in [3.63, 3.8) is 0 Å². The lowest BCUT2D eigenvalue weighted by Gasteiger charge is -2.42. The molecule has 1 aromatic rings. The minimum atomic E-state index is 0.227. The van der Waals surface area contributed by atoms with Crippen LogP contribution in [0.25, 0.3) is 0 Å². The molecule has 4 rings (SSSR count). The van der Waals surface area contributed by atoms with Gasteiger partial charge in [-0.05, 0) is 75.6 Å². The van der Waals surface area contributed by atoms with E-state index in [2.05, 4.69) is 41.0 Å². The first-order valence-corrected chi connectivity index (χ1v) is 12.5. The first-order valence-electron chi connectivity index (χ1n) is 12.5. The molecule has 0 spiro atoms. The zero-order valence-corrected chi connectivity index (χ0v) is 19.6. The number of benzene rings is 1. The molecular weight excluding hydrogens is 386 g/mol. The van der Waals surface area contributed by atoms with Gasteiger partial charge in [0, 0.05) is 52.3 Å². The second kappa shape index (κ2) is 10.9. The lowest BCUT2D eigenvalue weighted by atomic mass is 9.93. The fourth-order valence-corrected chi connectivity index (χ4v) is 5.66. The van der Waals surface area contributed by atoms with Gasteiger partial charge in [-0.25, -0.2) is 0 Å². The summed E-state index contributed by atoms with van der Waals surface area (Å²) in [6.07, 6.45) is 7.63. The second-order valence-electron chi connectivity index (χ2n) is 9.97. The summed E-state index contributed by atoms with van der Waals surface area (Å²) in [5.74, 6) is 1.01. The standard InChI is InChI=1S/C26H41N3O2/c1-21-6-3-4-7-24(21)19-27-13-9-23(10-14-27)18-29(20-26-8-5-17-31-26)25-11-15-28(16-12-25)22(2)30/h3-4,6-7,23,25-26H,5,8-20H2,1-2H3. The Morgan fingerprint density at radius 2 is 1.77 bits per heavy atom. The molecule has 3 heterocycles. The van der Waals surface area contributed by atoms with Crippen LogP contribution in [0, 0.1) is 12.8 Å². The Bertz CT molecular complexity index is 702. The van der Waals surface area contributed by atoms with Gasteiger partial charge in [0.05, 0.1) is 6.10 Å². The number of rotatable bonds is 7. The summed E-state index contributed by atoms with van der Waals surface area (Å²) in [4.78, 5) is 19.1. The number of ether oxygens (including phenoxy) is 1. The van der Waals surface area contributed by atoms with Crippen molar-refractivity contribution in [3.05, 3.63) is 35.4 Å². The van der Waals surface area contributed by atoms with Crippen LogP contribution in [0.1, 0.15) is 56.6 Å². The smallest absolute Gasteiger partial charge is 0.219 e. The highest BCUT2D eigenvalue weighted by Gasteiger charge is 2.31. The van der Waals surface area contributed by atoms with E-state index in [1.807, 2.05) is 4.90 Å². The van der Waals surface area contributed by atoms with Gasteiger partial charge in [-0.3, -0.25) is 14.6 Å². The van der Waals surface area contributed by atoms with Crippen molar-refractivity contribution < 1.29 is 9.53 Å². The van der Waals surface area contributed by atoms with Crippen molar-refractivity contribution in [1.29, 1.82) is 0 Å². The summed E-state index contributed by atoms with van der Waals surface area (Å²) >= 11 is 0. The van der Waals surface area contributed by atoms with Crippen molar-refractivity contribution in [2.24, 2.45) is 5.92 Å². The number of hydrogen-bond donors (Lipinski definition) is 0. The van der Waals surface area contributed by atoms with Crippen LogP contribution in [0.3, 0.4) is 0 Å². The summed E-state index contributed by atoms with van der Waals surface area (Å²) in [7, 11) is 0. The first kappa shape index (κ1) is 22.8. The molecule has 3 aliphatic heterocycles. The highest BCUT2D eigenvalue weighted by Crippen LogP contribution is 2.26. The van der Waals surface area contributed by atoms with Crippen LogP contribution in [-0.4, -0.2) is 78.6 Å². The van der Waals surface area contributed by atoms with E-state index in [-0.39, 0.29) is 5.91 Å². The van der Waals surface area contributed by atoms with Crippen LogP contribution < -0.4 is 0 Å². The van der Waals surface area contributed by atoms with Crippen molar-refractivity contribution in [2.45, 2.75) is 71.1 Å². The van der Waals surface area contributed by atoms with E-state index in [0.29, 0.717) is 12.1 Å². The predicted molar refractivity (Wildman–Crippen MR) is 125 cm³/mol. The van der Waals surface area contributed by atoms with Gasteiger partial charge < -0.3 is 9.64 Å². The third-order valence-corrected chi connectivity index (χ3v) is 7.74. The van der Waals surface area contributed by atoms with E-state index in [9.17, 15) is 4.79 Å². The zero-order valence-electron chi connectivity index (χ0n) is 19.6. The predicted octanol–water partition coefficient (Wildman–Crippen LogP) is 3.70. The number of aryl methyl sites for hydroxylation is 1. The summed E-state index contributed by atoms with van der Waals surface area (Å²) in [5, 5.41) is 0. The molecule has 1 amide bonds. The number of amides is 1. The third kappa shape index (κ3) is 6.30. The van der Waals surface area contributed by atoms with Gasteiger partial charge in [0.25, 0.3) is 0 Å². The average Bonchev–Trinajstić information content (AvgIpc) is 3.29. The lowest BCUT2D eigenvalue weighted by Crippen LogP contribution is -2.50. The minimum absolute atomic E-state index is 0.227. The minimum Gasteiger partial charge on any atom is -0.377 e. The highest BCUT2D eigenvalue weighted by atomic mass is 16.5. The number of carbonyl (C=O) groups excluding carboxylic acids is 1. The molecule has 3 aliphatic rings. The van der Waals surface area contributed by atoms with Crippen molar-refractivity contribution in [3.8, 4) is 0 Å². The third-order valence-electron chi connectivity index (χ3n) is 7.74. The van der Waals surface area contributed by atoms with Crippen molar-refractivity contribution in [2.75, 3.05) is 45.9 Å². The molecule has 172 valence electrons. The Morgan fingerprint density at radius 1 is 1.03 bits per heavy atom. The fraction of sp³-hybridized carbons (Fsp3) is 0.731. The van der Waals surface area contributed by atoms with Crippen molar-refractivity contribution >= 4 is 5.91 Å². The Morgan fingerprint density at radius 3 is 2.42 bits per heavy atom. The summed E-state index contributed by atoms with van der Waals surface area (Å²) < 4.78 is 6.00. The van der Waals surface area contributed by atoms with Gasteiger partial charge in [0.2, 0.25) is 5.91 Å². The van der Waals surface area contributed by atoms with E-state index in [0.717, 1.165) is 51.5 Å². The maximum Gasteiger partial charge on any atom is 0.219 e. The second-order valence-corrected chi connectivity index (χ2v) is 9.97. The van der Waals surface area contributed by atoms with Gasteiger partial charge in [-0.1, -0.05) is 24.3 Å². The molecule has 0 N–H and O–H groups in total. The Kier molecular flexibility index (Phi) is 8.02. The maximum atomic E-state index is 11.7. The number of hydrogen-bond acceptors (Lipinski definition) is 4. The van der Waals surface area contributed by atoms with E-state index >= 15 is 0 Å². The molecule has 31 heavy (non-hydrogen) atoms. The molecule has 0 aromatic heterocycles. The van der Waals surface area contributed by atoms with E-state index in [4.69, 9.17) is 4.74 Å². The van der Waals surface area contributed by atoms with Crippen LogP contribution >= 0.6 is 0 Å². The van der Waals surface area contributed by atoms with Crippen LogP contribution in [0.5, 0.6) is 0 Å². The molecule has 3 saturated heterocycles. The number of carbonyl (C=O) groups is 1. The van der Waals surface area contributed by atoms with Gasteiger partial charge in [-0.15, -0.1) is 0 Å². The summed E-state index contributed by atoms with van der Waals surface area (Å²) in [6, 6.07) is 9.40. The zero-order chi connectivity index (χ0) is 21.6. The first-order chi connectivity index (χ1) is 15.1. The molecular formula is C26H41N3O2. The van der Waals surface area contributed by atoms with Crippen LogP contribution in [0.4, 0.5) is 0 Å². The highest BCUT2D eigenvalue weighted by molar-refractivity contribution is 5.73. The lowest BCUT2D eigenvalue weighted by molar-refractivity contribution is -0.130. The van der Waals surface area contributed by atoms with E-state index in [1.54, 1.807) is 6.92 Å². The molecule has 5 nitrogen and oxygen atoms in total. The SMILES string of the molecule is CC(=O)N1CCC(N(CC2CCN(Cc3ccccc3C)CC2)CC2CCCO2)CC1. The molecule has 0 saturated carbocycles. The van der Waals surface area contributed by atoms with Crippen LogP contribution in [-0.2, 0) is 16.1 Å². The molecule has 1 aromatic carbocycles. The Labute approximate surface area is 188 Å². The van der Waals surface area contributed by atoms with Gasteiger partial charge in [-0.2, -0.15) is 0 Å². The normalized spacial score (nSPS) is 24.2. The Hall–Kier alpha value is -1.43. The molecule has 1 unspecified atom stereocenters. The average molecular weight is 428 g/mol. The summed E-state index contributed by atoms with van der Waals surface area (Å²) in [5.41, 5.74) is 2.88. The van der Waals surface area contributed by atoms with Crippen molar-refractivity contribution in [1.82, 2.24) is 14.7 Å². The topological polar surface area (TPSA) is 36.0 Å². The molecule has 1 atom stereocenters.